The van der Waals surface area contributed by atoms with Gasteiger partial charge in [-0.15, -0.1) is 0 Å². The van der Waals surface area contributed by atoms with E-state index < -0.39 is 29.6 Å². The van der Waals surface area contributed by atoms with Crippen molar-refractivity contribution in [2.75, 3.05) is 24.8 Å². The number of allylic oxidation sites excluding steroid dienone is 1. The zero-order valence-electron chi connectivity index (χ0n) is 19.1. The molecule has 0 spiro atoms. The first kappa shape index (κ1) is 27.9. The number of halogens is 3. The van der Waals surface area contributed by atoms with E-state index in [-0.39, 0.29) is 21.4 Å². The van der Waals surface area contributed by atoms with Crippen molar-refractivity contribution in [1.82, 2.24) is 5.32 Å². The summed E-state index contributed by atoms with van der Waals surface area (Å²) in [7, 11) is 1.16. The smallest absolute Gasteiger partial charge is 0.319 e. The van der Waals surface area contributed by atoms with Crippen LogP contribution in [0.25, 0.3) is 0 Å². The van der Waals surface area contributed by atoms with Gasteiger partial charge in [-0.25, -0.2) is 0 Å². The number of anilines is 1. The van der Waals surface area contributed by atoms with E-state index >= 15 is 0 Å². The highest BCUT2D eigenvalue weighted by Crippen LogP contribution is 2.42. The van der Waals surface area contributed by atoms with Crippen molar-refractivity contribution >= 4 is 74.4 Å². The first-order valence-electron chi connectivity index (χ1n) is 10.5. The van der Waals surface area contributed by atoms with Crippen molar-refractivity contribution in [3.63, 3.8) is 0 Å². The summed E-state index contributed by atoms with van der Waals surface area (Å²) in [6.07, 6.45) is 0. The number of benzene rings is 2. The summed E-state index contributed by atoms with van der Waals surface area (Å²) in [5.41, 5.74) is 0.972. The van der Waals surface area contributed by atoms with Gasteiger partial charge in [0.2, 0.25) is 11.8 Å². The number of amides is 2. The molecule has 2 atom stereocenters. The van der Waals surface area contributed by atoms with Gasteiger partial charge in [-0.2, -0.15) is 5.26 Å². The van der Waals surface area contributed by atoms with Gasteiger partial charge in [-0.05, 0) is 42.8 Å². The number of rotatable bonds is 8. The molecule has 0 bridgehead atoms. The van der Waals surface area contributed by atoms with E-state index in [1.807, 2.05) is 6.92 Å². The summed E-state index contributed by atoms with van der Waals surface area (Å²) < 4.78 is 11.1. The molecule has 0 fully saturated rings. The van der Waals surface area contributed by atoms with Crippen molar-refractivity contribution < 1.29 is 23.9 Å². The highest BCUT2D eigenvalue weighted by Gasteiger charge is 2.44. The Morgan fingerprint density at radius 3 is 2.58 bits per heavy atom. The summed E-state index contributed by atoms with van der Waals surface area (Å²) in [5.74, 6) is -3.87. The third kappa shape index (κ3) is 6.34. The second-order valence-electron chi connectivity index (χ2n) is 7.41. The molecule has 0 aliphatic carbocycles. The normalized spacial score (nSPS) is 17.2. The van der Waals surface area contributed by atoms with Crippen LogP contribution >= 0.6 is 50.9 Å². The molecule has 3 rings (SSSR count). The Bertz CT molecular complexity index is 1280. The number of hydrogen-bond acceptors (Lipinski definition) is 7. The molecule has 2 aromatic rings. The van der Waals surface area contributed by atoms with Gasteiger partial charge in [-0.3, -0.25) is 14.4 Å². The van der Waals surface area contributed by atoms with Crippen LogP contribution in [0.4, 0.5) is 5.69 Å². The number of carbonyl (C=O) groups excluding carboxylic acids is 3. The van der Waals surface area contributed by atoms with E-state index in [1.165, 1.54) is 0 Å². The van der Waals surface area contributed by atoms with E-state index in [1.54, 1.807) is 36.4 Å². The van der Waals surface area contributed by atoms with Gasteiger partial charge in [0.05, 0.1) is 51.9 Å². The molecule has 1 heterocycles. The topological polar surface area (TPSA) is 118 Å². The van der Waals surface area contributed by atoms with Crippen LogP contribution in [0, 0.1) is 17.2 Å². The molecule has 0 unspecified atom stereocenters. The molecule has 0 aromatic heterocycles. The van der Waals surface area contributed by atoms with Crippen LogP contribution < -0.4 is 15.4 Å². The summed E-state index contributed by atoms with van der Waals surface area (Å²) in [6, 6.07) is 11.9. The van der Waals surface area contributed by atoms with Crippen LogP contribution in [-0.2, 0) is 19.1 Å². The number of nitriles is 1. The Morgan fingerprint density at radius 2 is 1.97 bits per heavy atom. The zero-order chi connectivity index (χ0) is 26.4. The maximum Gasteiger partial charge on any atom is 0.319 e. The van der Waals surface area contributed by atoms with Gasteiger partial charge in [0.15, 0.2) is 0 Å². The van der Waals surface area contributed by atoms with Crippen molar-refractivity contribution in [2.24, 2.45) is 5.92 Å². The highest BCUT2D eigenvalue weighted by molar-refractivity contribution is 9.10. The number of thioether (sulfide) groups is 1. The first-order chi connectivity index (χ1) is 17.2. The second-order valence-corrected chi connectivity index (χ2v) is 10.1. The Morgan fingerprint density at radius 1 is 1.22 bits per heavy atom. The molecule has 36 heavy (non-hydrogen) atoms. The van der Waals surface area contributed by atoms with Crippen LogP contribution in [0.2, 0.25) is 10.0 Å². The summed E-state index contributed by atoms with van der Waals surface area (Å²) in [6.45, 7) is 2.21. The van der Waals surface area contributed by atoms with Crippen molar-refractivity contribution in [1.29, 1.82) is 5.26 Å². The van der Waals surface area contributed by atoms with E-state index in [0.717, 1.165) is 23.3 Å². The van der Waals surface area contributed by atoms with Crippen LogP contribution in [0.5, 0.6) is 5.75 Å². The average Bonchev–Trinajstić information content (AvgIpc) is 2.84. The molecule has 1 aliphatic rings. The van der Waals surface area contributed by atoms with Gasteiger partial charge < -0.3 is 20.1 Å². The summed E-state index contributed by atoms with van der Waals surface area (Å²) in [5, 5.41) is 16.1. The van der Waals surface area contributed by atoms with Gasteiger partial charge in [0.25, 0.3) is 0 Å². The van der Waals surface area contributed by atoms with E-state index in [9.17, 15) is 19.6 Å². The number of nitrogens with one attached hydrogen (secondary N) is 2. The minimum atomic E-state index is -1.32. The second kappa shape index (κ2) is 12.5. The Kier molecular flexibility index (Phi) is 9.68. The predicted molar refractivity (Wildman–Crippen MR) is 142 cm³/mol. The Labute approximate surface area is 230 Å². The number of carbonyl (C=O) groups is 3. The molecular weight excluding hydrogens is 593 g/mol. The Hall–Kier alpha value is -2.71. The van der Waals surface area contributed by atoms with Crippen LogP contribution in [0.15, 0.2) is 51.5 Å². The molecule has 2 aromatic carbocycles. The van der Waals surface area contributed by atoms with Gasteiger partial charge in [0.1, 0.15) is 11.7 Å². The molecule has 0 saturated carbocycles. The number of hydrogen-bond donors (Lipinski definition) is 2. The average molecular weight is 613 g/mol. The van der Waals surface area contributed by atoms with Crippen molar-refractivity contribution in [3.8, 4) is 11.8 Å². The largest absolute Gasteiger partial charge is 0.492 e. The van der Waals surface area contributed by atoms with Gasteiger partial charge in [-0.1, -0.05) is 57.0 Å². The molecule has 188 valence electrons. The third-order valence-corrected chi connectivity index (χ3v) is 7.27. The highest BCUT2D eigenvalue weighted by atomic mass is 79.9. The third-order valence-electron chi connectivity index (χ3n) is 5.15. The van der Waals surface area contributed by atoms with Crippen molar-refractivity contribution in [3.05, 3.63) is 67.1 Å². The number of methoxy groups -OCH3 is 1. The van der Waals surface area contributed by atoms with Crippen LogP contribution in [-0.4, -0.2) is 37.3 Å². The van der Waals surface area contributed by atoms with Crippen LogP contribution in [0.3, 0.4) is 0 Å². The number of esters is 1. The molecule has 2 N–H and O–H groups in total. The minimum absolute atomic E-state index is 0.102. The quantitative estimate of drug-likeness (QED) is 0.308. The predicted octanol–water partition coefficient (Wildman–Crippen LogP) is 5.26. The maximum absolute atomic E-state index is 13.0. The standard InChI is InChI=1S/C24H20BrCl2N3O5S/c1-3-35-18-7-4-12(8-16(18)27)20-14(10-28)23(30-22(32)21(20)24(33)34-2)36-11-19(31)29-17-6-5-13(25)9-15(17)26/h4-9,20-21H,3,11H2,1-2H3,(H,29,31)(H,30,32)/t20-,21-/m0/s1. The minimum Gasteiger partial charge on any atom is -0.492 e. The Balaban J connectivity index is 1.92. The molecule has 1 aliphatic heterocycles. The van der Waals surface area contributed by atoms with Gasteiger partial charge >= 0.3 is 5.97 Å². The summed E-state index contributed by atoms with van der Waals surface area (Å²) in [4.78, 5) is 38.1. The fourth-order valence-corrected chi connectivity index (χ4v) is 5.39. The molecule has 8 nitrogen and oxygen atoms in total. The lowest BCUT2D eigenvalue weighted by Crippen LogP contribution is -2.44. The molecular formula is C24H20BrCl2N3O5S. The fourth-order valence-electron chi connectivity index (χ4n) is 3.58. The molecule has 0 radical (unpaired) electrons. The summed E-state index contributed by atoms with van der Waals surface area (Å²) >= 11 is 16.8. The SMILES string of the molecule is CCOc1ccc([C@H]2C(C#N)=C(SCC(=O)Nc3ccc(Br)cc3Cl)NC(=O)[C@H]2C(=O)OC)cc1Cl. The molecule has 0 saturated heterocycles. The van der Waals surface area contributed by atoms with Crippen LogP contribution in [0.1, 0.15) is 18.4 Å². The number of ether oxygens (including phenoxy) is 2. The first-order valence-corrected chi connectivity index (χ1v) is 13.1. The fraction of sp³-hybridized carbons (Fsp3) is 0.250. The van der Waals surface area contributed by atoms with Crippen molar-refractivity contribution in [2.45, 2.75) is 12.8 Å². The molecule has 2 amide bonds. The van der Waals surface area contributed by atoms with Gasteiger partial charge in [0, 0.05) is 10.4 Å². The lowest BCUT2D eigenvalue weighted by Gasteiger charge is -2.31. The lowest BCUT2D eigenvalue weighted by molar-refractivity contribution is -0.150. The van der Waals surface area contributed by atoms with E-state index in [0.29, 0.717) is 28.6 Å². The number of nitrogens with zero attached hydrogens (tertiary/aromatic N) is 1. The van der Waals surface area contributed by atoms with E-state index in [2.05, 4.69) is 32.6 Å². The van der Waals surface area contributed by atoms with E-state index in [4.69, 9.17) is 32.7 Å². The lowest BCUT2D eigenvalue weighted by atomic mass is 9.78. The monoisotopic (exact) mass is 611 g/mol. The zero-order valence-corrected chi connectivity index (χ0v) is 23.0. The molecule has 12 heteroatoms. The maximum atomic E-state index is 13.0.